The lowest BCUT2D eigenvalue weighted by Crippen LogP contribution is -2.27. The second-order valence-corrected chi connectivity index (χ2v) is 3.03. The molecule has 1 aliphatic heterocycles. The van der Waals surface area contributed by atoms with E-state index >= 15 is 0 Å². The van der Waals surface area contributed by atoms with Gasteiger partial charge in [0, 0.05) is 5.75 Å². The van der Waals surface area contributed by atoms with Gasteiger partial charge < -0.3 is 5.11 Å². The van der Waals surface area contributed by atoms with Crippen LogP contribution in [0.3, 0.4) is 0 Å². The Hall–Kier alpha value is 0.750. The molecule has 0 aromatic carbocycles. The van der Waals surface area contributed by atoms with E-state index in [0.29, 0.717) is 5.37 Å². The third-order valence-electron chi connectivity index (χ3n) is 0.931. The third kappa shape index (κ3) is 2.35. The summed E-state index contributed by atoms with van der Waals surface area (Å²) in [7, 11) is 0. The molecule has 1 rings (SSSR count). The zero-order valence-corrected chi connectivity index (χ0v) is 7.16. The number of hydrogen-bond acceptors (Lipinski definition) is 3. The van der Waals surface area contributed by atoms with Crippen LogP contribution in [0.15, 0.2) is 0 Å². The minimum atomic E-state index is -0.264. The predicted molar refractivity (Wildman–Crippen MR) is 41.4 cm³/mol. The first-order valence-corrected chi connectivity index (χ1v) is 3.39. The molecule has 0 radical (unpaired) electrons. The first-order valence-electron chi connectivity index (χ1n) is 2.35. The highest BCUT2D eigenvalue weighted by Crippen LogP contribution is 2.15. The molecule has 0 amide bonds. The number of hydrogen-bond donors (Lipinski definition) is 2. The van der Waals surface area contributed by atoms with Gasteiger partial charge in [-0.1, -0.05) is 0 Å². The average Bonchev–Trinajstić information content (AvgIpc) is 1.87. The lowest BCUT2D eigenvalue weighted by Gasteiger charge is -1.99. The fourth-order valence-electron chi connectivity index (χ4n) is 0.603. The molecule has 0 spiro atoms. The quantitative estimate of drug-likeness (QED) is 0.599. The average molecular weight is 200 g/mol. The Kier molecular flexibility index (Phi) is 4.06. The Morgan fingerprint density at radius 1 is 1.75 bits per heavy atom. The number of aliphatic hydroxyl groups is 1. The van der Waals surface area contributed by atoms with Crippen LogP contribution in [0.25, 0.3) is 0 Å². The molecule has 2 nitrogen and oxygen atoms in total. The lowest BCUT2D eigenvalue weighted by atomic mass is 10.6. The summed E-state index contributed by atoms with van der Waals surface area (Å²) >= 11 is 1.74. The summed E-state index contributed by atoms with van der Waals surface area (Å²) in [5.74, 6) is 0.834. The van der Waals surface area contributed by atoms with Gasteiger partial charge in [-0.3, -0.25) is 5.32 Å². The highest BCUT2D eigenvalue weighted by molar-refractivity contribution is 8.93. The third-order valence-corrected chi connectivity index (χ3v) is 2.08. The maximum atomic E-state index is 8.77. The molecule has 1 aliphatic rings. The SMILES string of the molecule is Br.CC1NC(O)CS1. The molecule has 1 heterocycles. The van der Waals surface area contributed by atoms with Crippen LogP contribution in [0.1, 0.15) is 6.92 Å². The molecule has 0 aliphatic carbocycles. The molecular weight excluding hydrogens is 190 g/mol. The van der Waals surface area contributed by atoms with E-state index in [-0.39, 0.29) is 23.2 Å². The normalized spacial score (nSPS) is 36.8. The number of aliphatic hydroxyl groups excluding tert-OH is 1. The fraction of sp³-hybridized carbons (Fsp3) is 1.00. The molecule has 2 atom stereocenters. The number of thioether (sulfide) groups is 1. The van der Waals surface area contributed by atoms with Crippen molar-refractivity contribution in [2.24, 2.45) is 0 Å². The Balaban J connectivity index is 0.000000490. The maximum absolute atomic E-state index is 8.77. The second-order valence-electron chi connectivity index (χ2n) is 1.66. The minimum absolute atomic E-state index is 0. The molecular formula is C4H10BrNOS. The van der Waals surface area contributed by atoms with Crippen LogP contribution in [0.5, 0.6) is 0 Å². The van der Waals surface area contributed by atoms with Crippen LogP contribution in [0, 0.1) is 0 Å². The molecule has 50 valence electrons. The van der Waals surface area contributed by atoms with Crippen LogP contribution in [0.2, 0.25) is 0 Å². The molecule has 8 heavy (non-hydrogen) atoms. The van der Waals surface area contributed by atoms with Crippen LogP contribution in [-0.4, -0.2) is 22.5 Å². The van der Waals surface area contributed by atoms with Crippen molar-refractivity contribution >= 4 is 28.7 Å². The fourth-order valence-corrected chi connectivity index (χ4v) is 1.42. The molecule has 1 fully saturated rings. The van der Waals surface area contributed by atoms with Gasteiger partial charge in [0.15, 0.2) is 0 Å². The van der Waals surface area contributed by atoms with Crippen molar-refractivity contribution in [1.29, 1.82) is 0 Å². The number of rotatable bonds is 0. The van der Waals surface area contributed by atoms with E-state index in [1.807, 2.05) is 6.92 Å². The zero-order valence-electron chi connectivity index (χ0n) is 4.63. The number of nitrogens with one attached hydrogen (secondary N) is 1. The molecule has 2 unspecified atom stereocenters. The van der Waals surface area contributed by atoms with Crippen molar-refractivity contribution < 1.29 is 5.11 Å². The van der Waals surface area contributed by atoms with Crippen LogP contribution in [-0.2, 0) is 0 Å². The van der Waals surface area contributed by atoms with Crippen LogP contribution < -0.4 is 5.32 Å². The summed E-state index contributed by atoms with van der Waals surface area (Å²) in [6, 6.07) is 0. The summed E-state index contributed by atoms with van der Waals surface area (Å²) in [5.41, 5.74) is 0. The Labute approximate surface area is 63.8 Å². The standard InChI is InChI=1S/C4H9NOS.BrH/c1-3-5-4(6)2-7-3;/h3-6H,2H2,1H3;1H. The van der Waals surface area contributed by atoms with E-state index in [0.717, 1.165) is 5.75 Å². The highest BCUT2D eigenvalue weighted by Gasteiger charge is 2.16. The summed E-state index contributed by atoms with van der Waals surface area (Å²) in [6.07, 6.45) is -0.264. The molecule has 4 heteroatoms. The minimum Gasteiger partial charge on any atom is -0.378 e. The molecule has 2 N–H and O–H groups in total. The topological polar surface area (TPSA) is 32.3 Å². The Bertz CT molecular complexity index is 65.1. The van der Waals surface area contributed by atoms with Crippen molar-refractivity contribution in [2.45, 2.75) is 18.5 Å². The van der Waals surface area contributed by atoms with Gasteiger partial charge in [-0.15, -0.1) is 28.7 Å². The van der Waals surface area contributed by atoms with E-state index in [1.54, 1.807) is 11.8 Å². The van der Waals surface area contributed by atoms with Crippen molar-refractivity contribution in [3.05, 3.63) is 0 Å². The molecule has 0 bridgehead atoms. The van der Waals surface area contributed by atoms with Crippen molar-refractivity contribution in [3.8, 4) is 0 Å². The predicted octanol–water partition coefficient (Wildman–Crippen LogP) is 0.565. The highest BCUT2D eigenvalue weighted by atomic mass is 79.9. The molecule has 0 saturated carbocycles. The molecule has 0 aromatic heterocycles. The van der Waals surface area contributed by atoms with Crippen LogP contribution in [0.4, 0.5) is 0 Å². The van der Waals surface area contributed by atoms with Gasteiger partial charge in [0.25, 0.3) is 0 Å². The zero-order chi connectivity index (χ0) is 5.28. The van der Waals surface area contributed by atoms with Crippen molar-refractivity contribution in [1.82, 2.24) is 5.32 Å². The first kappa shape index (κ1) is 8.75. The van der Waals surface area contributed by atoms with Crippen molar-refractivity contribution in [2.75, 3.05) is 5.75 Å². The van der Waals surface area contributed by atoms with Crippen molar-refractivity contribution in [3.63, 3.8) is 0 Å². The summed E-state index contributed by atoms with van der Waals surface area (Å²) < 4.78 is 0. The largest absolute Gasteiger partial charge is 0.378 e. The van der Waals surface area contributed by atoms with E-state index < -0.39 is 0 Å². The molecule has 0 aromatic rings. The summed E-state index contributed by atoms with van der Waals surface area (Å²) in [6.45, 7) is 2.04. The smallest absolute Gasteiger partial charge is 0.114 e. The molecule has 1 saturated heterocycles. The lowest BCUT2D eigenvalue weighted by molar-refractivity contribution is 0.169. The van der Waals surface area contributed by atoms with Gasteiger partial charge in [-0.25, -0.2) is 0 Å². The second kappa shape index (κ2) is 3.71. The Morgan fingerprint density at radius 2 is 2.38 bits per heavy atom. The van der Waals surface area contributed by atoms with Crippen LogP contribution >= 0.6 is 28.7 Å². The van der Waals surface area contributed by atoms with Gasteiger partial charge in [-0.2, -0.15) is 0 Å². The van der Waals surface area contributed by atoms with Gasteiger partial charge in [0.2, 0.25) is 0 Å². The van der Waals surface area contributed by atoms with E-state index in [2.05, 4.69) is 5.32 Å². The summed E-state index contributed by atoms with van der Waals surface area (Å²) in [5, 5.41) is 12.1. The number of halogens is 1. The summed E-state index contributed by atoms with van der Waals surface area (Å²) in [4.78, 5) is 0. The van der Waals surface area contributed by atoms with E-state index in [1.165, 1.54) is 0 Å². The van der Waals surface area contributed by atoms with Gasteiger partial charge in [-0.05, 0) is 6.92 Å². The van der Waals surface area contributed by atoms with Gasteiger partial charge >= 0.3 is 0 Å². The monoisotopic (exact) mass is 199 g/mol. The Morgan fingerprint density at radius 3 is 2.50 bits per heavy atom. The first-order chi connectivity index (χ1) is 3.29. The van der Waals surface area contributed by atoms with Gasteiger partial charge in [0.05, 0.1) is 5.37 Å². The van der Waals surface area contributed by atoms with E-state index in [4.69, 9.17) is 5.11 Å². The van der Waals surface area contributed by atoms with E-state index in [9.17, 15) is 0 Å². The van der Waals surface area contributed by atoms with Gasteiger partial charge in [0.1, 0.15) is 6.23 Å². The maximum Gasteiger partial charge on any atom is 0.114 e.